The summed E-state index contributed by atoms with van der Waals surface area (Å²) < 4.78 is 16.5. The number of fused-ring (bicyclic) bond motifs is 1. The molecule has 6 nitrogen and oxygen atoms in total. The maximum Gasteiger partial charge on any atom is 0.383 e. The zero-order valence-corrected chi connectivity index (χ0v) is 18.4. The van der Waals surface area contributed by atoms with Gasteiger partial charge in [0.15, 0.2) is 17.1 Å². The third-order valence-corrected chi connectivity index (χ3v) is 4.78. The maximum absolute atomic E-state index is 12.7. The molecule has 0 spiro atoms. The van der Waals surface area contributed by atoms with E-state index in [0.717, 1.165) is 18.4 Å². The van der Waals surface area contributed by atoms with Crippen LogP contribution in [0, 0.1) is 0 Å². The molecule has 1 N–H and O–H groups in total. The molecule has 0 amide bonds. The van der Waals surface area contributed by atoms with Crippen molar-refractivity contribution in [2.45, 2.75) is 33.6 Å². The largest absolute Gasteiger partial charge is 0.504 e. The maximum atomic E-state index is 12.7. The van der Waals surface area contributed by atoms with Gasteiger partial charge in [-0.05, 0) is 64.0 Å². The molecule has 0 aliphatic rings. The molecule has 0 atom stereocenters. The molecular formula is C26H26O6. The van der Waals surface area contributed by atoms with Crippen LogP contribution in [0.3, 0.4) is 0 Å². The summed E-state index contributed by atoms with van der Waals surface area (Å²) in [6.45, 7) is 6.19. The zero-order chi connectivity index (χ0) is 23.1. The zero-order valence-electron chi connectivity index (χ0n) is 18.4. The van der Waals surface area contributed by atoms with Crippen LogP contribution in [-0.4, -0.2) is 17.7 Å². The minimum absolute atomic E-state index is 0.0749. The molecule has 6 heteroatoms. The molecule has 2 aromatic carbocycles. The molecule has 0 unspecified atom stereocenters. The fraction of sp³-hybridized carbons (Fsp3) is 0.231. The minimum atomic E-state index is -0.842. The molecular weight excluding hydrogens is 408 g/mol. The second-order valence-corrected chi connectivity index (χ2v) is 7.64. The summed E-state index contributed by atoms with van der Waals surface area (Å²) in [6.07, 6.45) is 5.81. The molecule has 3 rings (SSSR count). The molecule has 0 fully saturated rings. The highest BCUT2D eigenvalue weighted by Gasteiger charge is 2.22. The van der Waals surface area contributed by atoms with Crippen molar-refractivity contribution in [3.8, 4) is 17.2 Å². The van der Waals surface area contributed by atoms with Crippen molar-refractivity contribution in [3.05, 3.63) is 87.8 Å². The van der Waals surface area contributed by atoms with E-state index in [0.29, 0.717) is 5.56 Å². The Balaban J connectivity index is 1.92. The summed E-state index contributed by atoms with van der Waals surface area (Å²) in [7, 11) is 0. The summed E-state index contributed by atoms with van der Waals surface area (Å²) in [5.41, 5.74) is 1.76. The Morgan fingerprint density at radius 2 is 1.75 bits per heavy atom. The Kier molecular flexibility index (Phi) is 7.49. The van der Waals surface area contributed by atoms with Crippen molar-refractivity contribution in [1.82, 2.24) is 0 Å². The number of ether oxygens (including phenoxy) is 2. The van der Waals surface area contributed by atoms with Gasteiger partial charge in [0, 0.05) is 0 Å². The number of rotatable bonds is 8. The normalized spacial score (nSPS) is 11.3. The first-order valence-corrected chi connectivity index (χ1v) is 10.3. The van der Waals surface area contributed by atoms with E-state index in [1.807, 2.05) is 13.0 Å². The molecule has 0 aliphatic heterocycles. The molecule has 0 aliphatic carbocycles. The van der Waals surface area contributed by atoms with Crippen LogP contribution < -0.4 is 15.1 Å². The molecule has 1 heterocycles. The first-order valence-electron chi connectivity index (χ1n) is 10.3. The van der Waals surface area contributed by atoms with E-state index >= 15 is 0 Å². The molecule has 0 saturated heterocycles. The fourth-order valence-corrected chi connectivity index (χ4v) is 3.07. The average Bonchev–Trinajstić information content (AvgIpc) is 2.76. The van der Waals surface area contributed by atoms with Crippen LogP contribution in [0.5, 0.6) is 17.2 Å². The number of allylic oxidation sites excluding steroid dienone is 3. The van der Waals surface area contributed by atoms with E-state index in [9.17, 15) is 14.7 Å². The molecule has 32 heavy (non-hydrogen) atoms. The van der Waals surface area contributed by atoms with Crippen LogP contribution in [0.1, 0.15) is 44.0 Å². The SMILES string of the molecule is CC(C)=CCCC(C)=CCOc1c(OC(=O)c2ccccc2)c2cccc(O)c2oc1=O. The van der Waals surface area contributed by atoms with Gasteiger partial charge in [0.25, 0.3) is 0 Å². The van der Waals surface area contributed by atoms with E-state index in [1.165, 1.54) is 11.6 Å². The van der Waals surface area contributed by atoms with E-state index in [4.69, 9.17) is 13.9 Å². The quantitative estimate of drug-likeness (QED) is 0.274. The highest BCUT2D eigenvalue weighted by Crippen LogP contribution is 2.36. The summed E-state index contributed by atoms with van der Waals surface area (Å²) >= 11 is 0. The number of phenols is 1. The number of hydrogen-bond acceptors (Lipinski definition) is 6. The van der Waals surface area contributed by atoms with Gasteiger partial charge in [-0.25, -0.2) is 9.59 Å². The van der Waals surface area contributed by atoms with Crippen LogP contribution in [0.15, 0.2) is 81.0 Å². The first kappa shape index (κ1) is 22.9. The summed E-state index contributed by atoms with van der Waals surface area (Å²) in [5, 5.41) is 10.4. The minimum Gasteiger partial charge on any atom is -0.504 e. The van der Waals surface area contributed by atoms with Gasteiger partial charge >= 0.3 is 11.6 Å². The third-order valence-electron chi connectivity index (χ3n) is 4.78. The standard InChI is InChI=1S/C26H26O6/c1-17(2)9-7-10-18(3)15-16-30-24-23(32-25(28)19-11-5-4-6-12-19)20-13-8-14-21(27)22(20)31-26(24)29/h4-6,8-9,11-15,27H,7,10,16H2,1-3H3. The number of aromatic hydroxyl groups is 1. The van der Waals surface area contributed by atoms with Crippen molar-refractivity contribution >= 4 is 16.9 Å². The van der Waals surface area contributed by atoms with Crippen LogP contribution >= 0.6 is 0 Å². The van der Waals surface area contributed by atoms with Crippen molar-refractivity contribution in [2.75, 3.05) is 6.61 Å². The van der Waals surface area contributed by atoms with E-state index in [2.05, 4.69) is 19.9 Å². The first-order chi connectivity index (χ1) is 15.4. The van der Waals surface area contributed by atoms with Crippen molar-refractivity contribution in [2.24, 2.45) is 0 Å². The van der Waals surface area contributed by atoms with Crippen LogP contribution in [0.2, 0.25) is 0 Å². The van der Waals surface area contributed by atoms with E-state index in [-0.39, 0.29) is 34.8 Å². The molecule has 3 aromatic rings. The van der Waals surface area contributed by atoms with Gasteiger partial charge in [0.1, 0.15) is 6.61 Å². The number of benzene rings is 2. The molecule has 0 bridgehead atoms. The van der Waals surface area contributed by atoms with Crippen molar-refractivity contribution in [1.29, 1.82) is 0 Å². The Hall–Kier alpha value is -3.80. The van der Waals surface area contributed by atoms with Gasteiger partial charge in [0.2, 0.25) is 5.75 Å². The lowest BCUT2D eigenvalue weighted by Gasteiger charge is -2.12. The predicted octanol–water partition coefficient (Wildman–Crippen LogP) is 5.79. The number of esters is 1. The molecule has 0 saturated carbocycles. The predicted molar refractivity (Wildman–Crippen MR) is 123 cm³/mol. The van der Waals surface area contributed by atoms with E-state index in [1.54, 1.807) is 42.5 Å². The van der Waals surface area contributed by atoms with Crippen LogP contribution in [0.4, 0.5) is 0 Å². The molecule has 1 aromatic heterocycles. The van der Waals surface area contributed by atoms with Gasteiger partial charge in [-0.2, -0.15) is 0 Å². The molecule has 166 valence electrons. The lowest BCUT2D eigenvalue weighted by Crippen LogP contribution is -2.14. The second-order valence-electron chi connectivity index (χ2n) is 7.64. The second kappa shape index (κ2) is 10.5. The average molecular weight is 434 g/mol. The van der Waals surface area contributed by atoms with E-state index < -0.39 is 11.6 Å². The third kappa shape index (κ3) is 5.66. The lowest BCUT2D eigenvalue weighted by molar-refractivity contribution is 0.0730. The van der Waals surface area contributed by atoms with Gasteiger partial charge in [-0.15, -0.1) is 0 Å². The van der Waals surface area contributed by atoms with Crippen LogP contribution in [0.25, 0.3) is 11.0 Å². The monoisotopic (exact) mass is 434 g/mol. The highest BCUT2D eigenvalue weighted by molar-refractivity contribution is 5.96. The van der Waals surface area contributed by atoms with Gasteiger partial charge in [0.05, 0.1) is 10.9 Å². The van der Waals surface area contributed by atoms with Gasteiger partial charge < -0.3 is 19.0 Å². The lowest BCUT2D eigenvalue weighted by atomic mass is 10.1. The van der Waals surface area contributed by atoms with Gasteiger partial charge in [-0.3, -0.25) is 0 Å². The number of carbonyl (C=O) groups excluding carboxylic acids is 1. The summed E-state index contributed by atoms with van der Waals surface area (Å²) in [4.78, 5) is 25.3. The smallest absolute Gasteiger partial charge is 0.383 e. The Morgan fingerprint density at radius 3 is 2.47 bits per heavy atom. The number of hydrogen-bond donors (Lipinski definition) is 1. The van der Waals surface area contributed by atoms with Gasteiger partial charge in [-0.1, -0.05) is 41.5 Å². The Morgan fingerprint density at radius 1 is 1.00 bits per heavy atom. The highest BCUT2D eigenvalue weighted by atomic mass is 16.6. The Labute approximate surface area is 186 Å². The van der Waals surface area contributed by atoms with Crippen molar-refractivity contribution in [3.63, 3.8) is 0 Å². The fourth-order valence-electron chi connectivity index (χ4n) is 3.07. The summed E-state index contributed by atoms with van der Waals surface area (Å²) in [6, 6.07) is 12.9. The number of para-hydroxylation sites is 1. The number of carbonyl (C=O) groups is 1. The summed E-state index contributed by atoms with van der Waals surface area (Å²) in [5.74, 6) is -1.20. The van der Waals surface area contributed by atoms with Crippen molar-refractivity contribution < 1.29 is 23.8 Å². The Bertz CT molecular complexity index is 1210. The topological polar surface area (TPSA) is 86.0 Å². The number of phenolic OH excluding ortho intramolecular Hbond substituents is 1. The molecule has 0 radical (unpaired) electrons. The van der Waals surface area contributed by atoms with Crippen LogP contribution in [-0.2, 0) is 0 Å².